The maximum absolute atomic E-state index is 12.7. The van der Waals surface area contributed by atoms with Gasteiger partial charge in [0.05, 0.1) is 6.42 Å². The number of hydrogen-bond donors (Lipinski definition) is 0. The molecule has 1 atom stereocenters. The van der Waals surface area contributed by atoms with Gasteiger partial charge in [0.1, 0.15) is 11.9 Å². The van der Waals surface area contributed by atoms with E-state index in [1.807, 2.05) is 0 Å². The highest BCUT2D eigenvalue weighted by Gasteiger charge is 2.18. The van der Waals surface area contributed by atoms with Crippen molar-refractivity contribution in [2.75, 3.05) is 0 Å². The second-order valence-corrected chi connectivity index (χ2v) is 3.02. The van der Waals surface area contributed by atoms with Crippen molar-refractivity contribution in [2.24, 2.45) is 0 Å². The number of cyclic esters (lactones) is 1. The molecule has 0 spiro atoms. The molecule has 2 aliphatic rings. The first-order chi connectivity index (χ1) is 6.25. The molecule has 0 saturated heterocycles. The second kappa shape index (κ2) is 3.17. The van der Waals surface area contributed by atoms with Crippen molar-refractivity contribution in [1.29, 1.82) is 0 Å². The van der Waals surface area contributed by atoms with Crippen molar-refractivity contribution in [3.05, 3.63) is 35.6 Å². The van der Waals surface area contributed by atoms with Crippen LogP contribution in [0.5, 0.6) is 0 Å². The summed E-state index contributed by atoms with van der Waals surface area (Å²) in [5.74, 6) is 0.319. The molecule has 2 rings (SSSR count). The van der Waals surface area contributed by atoms with Gasteiger partial charge in [0.2, 0.25) is 0 Å². The second-order valence-electron chi connectivity index (χ2n) is 3.02. The van der Waals surface area contributed by atoms with Gasteiger partial charge < -0.3 is 4.74 Å². The maximum atomic E-state index is 12.7. The van der Waals surface area contributed by atoms with E-state index in [1.54, 1.807) is 18.2 Å². The number of halogens is 1. The molecule has 1 aliphatic heterocycles. The fourth-order valence-electron chi connectivity index (χ4n) is 1.34. The van der Waals surface area contributed by atoms with Crippen molar-refractivity contribution in [1.82, 2.24) is 0 Å². The number of esters is 1. The van der Waals surface area contributed by atoms with Gasteiger partial charge in [-0.15, -0.1) is 0 Å². The van der Waals surface area contributed by atoms with Crippen molar-refractivity contribution >= 4 is 5.97 Å². The normalized spacial score (nSPS) is 26.8. The third-order valence-corrected chi connectivity index (χ3v) is 2.01. The summed E-state index contributed by atoms with van der Waals surface area (Å²) in [4.78, 5) is 10.8. The molecule has 0 aromatic heterocycles. The molecule has 0 N–H and O–H groups in total. The minimum atomic E-state index is -0.901. The van der Waals surface area contributed by atoms with Crippen molar-refractivity contribution in [3.8, 4) is 0 Å². The lowest BCUT2D eigenvalue weighted by Crippen LogP contribution is -2.01. The molecule has 0 aromatic rings. The highest BCUT2D eigenvalue weighted by molar-refractivity contribution is 5.76. The molecule has 3 heteroatoms. The predicted octanol–water partition coefficient (Wildman–Crippen LogP) is 2.04. The van der Waals surface area contributed by atoms with Crippen molar-refractivity contribution < 1.29 is 13.9 Å². The number of ether oxygens (including phenoxy) is 1. The summed E-state index contributed by atoms with van der Waals surface area (Å²) in [6, 6.07) is 0. The molecule has 0 fully saturated rings. The van der Waals surface area contributed by atoms with Crippen LogP contribution in [0.25, 0.3) is 0 Å². The van der Waals surface area contributed by atoms with Gasteiger partial charge >= 0.3 is 5.97 Å². The Balaban J connectivity index is 2.11. The predicted molar refractivity (Wildman–Crippen MR) is 45.5 cm³/mol. The SMILES string of the molecule is O=C1CC=C(C2=CC[C@H](F)C=C2)O1. The Hall–Kier alpha value is -1.38. The smallest absolute Gasteiger partial charge is 0.315 e. The first-order valence-corrected chi connectivity index (χ1v) is 4.19. The lowest BCUT2D eigenvalue weighted by atomic mass is 10.0. The van der Waals surface area contributed by atoms with Gasteiger partial charge in [-0.05, 0) is 12.2 Å². The van der Waals surface area contributed by atoms with E-state index in [9.17, 15) is 9.18 Å². The molecule has 68 valence electrons. The van der Waals surface area contributed by atoms with Gasteiger partial charge in [0, 0.05) is 12.0 Å². The molecule has 0 bridgehead atoms. The average molecular weight is 180 g/mol. The molecular formula is C10H9FO2. The average Bonchev–Trinajstić information content (AvgIpc) is 2.53. The first-order valence-electron chi connectivity index (χ1n) is 4.19. The van der Waals surface area contributed by atoms with Crippen LogP contribution in [0.2, 0.25) is 0 Å². The van der Waals surface area contributed by atoms with E-state index in [2.05, 4.69) is 0 Å². The minimum Gasteiger partial charge on any atom is -0.426 e. The Morgan fingerprint density at radius 1 is 1.46 bits per heavy atom. The van der Waals surface area contributed by atoms with Crippen LogP contribution in [0.1, 0.15) is 12.8 Å². The Morgan fingerprint density at radius 2 is 2.31 bits per heavy atom. The Kier molecular flexibility index (Phi) is 2.00. The summed E-state index contributed by atoms with van der Waals surface area (Å²) >= 11 is 0. The molecule has 0 radical (unpaired) electrons. The summed E-state index contributed by atoms with van der Waals surface area (Å²) in [7, 11) is 0. The molecule has 0 amide bonds. The van der Waals surface area contributed by atoms with Gasteiger partial charge in [0.15, 0.2) is 0 Å². The van der Waals surface area contributed by atoms with Gasteiger partial charge in [0.25, 0.3) is 0 Å². The standard InChI is InChI=1S/C10H9FO2/c11-8-3-1-7(2-4-8)9-5-6-10(12)13-9/h1-3,5,8H,4,6H2/t8-/m1/s1. The van der Waals surface area contributed by atoms with E-state index in [1.165, 1.54) is 6.08 Å². The lowest BCUT2D eigenvalue weighted by Gasteiger charge is -2.09. The third kappa shape index (κ3) is 1.69. The quantitative estimate of drug-likeness (QED) is 0.577. The summed E-state index contributed by atoms with van der Waals surface area (Å²) in [5, 5.41) is 0. The number of allylic oxidation sites excluding steroid dienone is 3. The Labute approximate surface area is 75.4 Å². The monoisotopic (exact) mass is 180 g/mol. The molecule has 1 heterocycles. The van der Waals surface area contributed by atoms with Crippen LogP contribution in [-0.2, 0) is 9.53 Å². The fraction of sp³-hybridized carbons (Fsp3) is 0.300. The number of hydrogen-bond acceptors (Lipinski definition) is 2. The number of carbonyl (C=O) groups is 1. The van der Waals surface area contributed by atoms with Crippen LogP contribution >= 0.6 is 0 Å². The molecule has 1 aliphatic carbocycles. The van der Waals surface area contributed by atoms with Gasteiger partial charge in [-0.2, -0.15) is 0 Å². The number of alkyl halides is 1. The van der Waals surface area contributed by atoms with E-state index in [0.717, 1.165) is 5.57 Å². The molecule has 0 aromatic carbocycles. The molecular weight excluding hydrogens is 171 g/mol. The van der Waals surface area contributed by atoms with Crippen LogP contribution in [0.4, 0.5) is 4.39 Å². The first kappa shape index (κ1) is 8.23. The van der Waals surface area contributed by atoms with Crippen LogP contribution < -0.4 is 0 Å². The Bertz CT molecular complexity index is 326. The number of carbonyl (C=O) groups excluding carboxylic acids is 1. The summed E-state index contributed by atoms with van der Waals surface area (Å²) in [6.07, 6.45) is 6.37. The van der Waals surface area contributed by atoms with Crippen molar-refractivity contribution in [3.63, 3.8) is 0 Å². The van der Waals surface area contributed by atoms with Gasteiger partial charge in [-0.25, -0.2) is 4.39 Å². The third-order valence-electron chi connectivity index (χ3n) is 2.01. The molecule has 13 heavy (non-hydrogen) atoms. The van der Waals surface area contributed by atoms with Crippen LogP contribution in [-0.4, -0.2) is 12.1 Å². The topological polar surface area (TPSA) is 26.3 Å². The summed E-state index contributed by atoms with van der Waals surface area (Å²) < 4.78 is 17.6. The Morgan fingerprint density at radius 3 is 2.85 bits per heavy atom. The summed E-state index contributed by atoms with van der Waals surface area (Å²) in [6.45, 7) is 0. The highest BCUT2D eigenvalue weighted by Crippen LogP contribution is 2.24. The molecule has 0 unspecified atom stereocenters. The molecule has 0 saturated carbocycles. The van der Waals surface area contributed by atoms with E-state index < -0.39 is 6.17 Å². The summed E-state index contributed by atoms with van der Waals surface area (Å²) in [5.41, 5.74) is 0.805. The van der Waals surface area contributed by atoms with E-state index >= 15 is 0 Å². The van der Waals surface area contributed by atoms with E-state index in [0.29, 0.717) is 18.6 Å². The zero-order valence-corrected chi connectivity index (χ0v) is 7.00. The highest BCUT2D eigenvalue weighted by atomic mass is 19.1. The van der Waals surface area contributed by atoms with Gasteiger partial charge in [-0.1, -0.05) is 12.2 Å². The molecule has 2 nitrogen and oxygen atoms in total. The maximum Gasteiger partial charge on any atom is 0.315 e. The lowest BCUT2D eigenvalue weighted by molar-refractivity contribution is -0.136. The van der Waals surface area contributed by atoms with E-state index in [-0.39, 0.29) is 5.97 Å². The van der Waals surface area contributed by atoms with Gasteiger partial charge in [-0.3, -0.25) is 4.79 Å². The van der Waals surface area contributed by atoms with Crippen molar-refractivity contribution in [2.45, 2.75) is 19.0 Å². The minimum absolute atomic E-state index is 0.244. The fourth-order valence-corrected chi connectivity index (χ4v) is 1.34. The van der Waals surface area contributed by atoms with Crippen LogP contribution in [0, 0.1) is 0 Å². The van der Waals surface area contributed by atoms with E-state index in [4.69, 9.17) is 4.74 Å². The zero-order chi connectivity index (χ0) is 9.26. The number of rotatable bonds is 1. The zero-order valence-electron chi connectivity index (χ0n) is 7.00. The van der Waals surface area contributed by atoms with Crippen LogP contribution in [0.3, 0.4) is 0 Å². The largest absolute Gasteiger partial charge is 0.426 e. The van der Waals surface area contributed by atoms with Crippen LogP contribution in [0.15, 0.2) is 35.6 Å².